The van der Waals surface area contributed by atoms with Crippen molar-refractivity contribution in [3.05, 3.63) is 48.2 Å². The summed E-state index contributed by atoms with van der Waals surface area (Å²) >= 11 is 0. The van der Waals surface area contributed by atoms with Gasteiger partial charge in [-0.3, -0.25) is 0 Å². The second kappa shape index (κ2) is 4.00. The van der Waals surface area contributed by atoms with Gasteiger partial charge >= 0.3 is 5.97 Å². The van der Waals surface area contributed by atoms with Crippen molar-refractivity contribution in [3.63, 3.8) is 0 Å². The van der Waals surface area contributed by atoms with Gasteiger partial charge in [-0.25, -0.2) is 4.79 Å². The van der Waals surface area contributed by atoms with E-state index in [9.17, 15) is 4.79 Å². The standard InChI is InChI=1S/C12H10O3/c13-12(14)7-3-4-9-8-15-11-6-2-1-5-10(9)11/h1-3,5-8H,4H2,(H,13,14)/b7-3+. The third-order valence-corrected chi connectivity index (χ3v) is 2.16. The van der Waals surface area contributed by atoms with Crippen molar-refractivity contribution >= 4 is 16.9 Å². The van der Waals surface area contributed by atoms with Crippen LogP contribution in [-0.4, -0.2) is 11.1 Å². The SMILES string of the molecule is O=C(O)/C=C/Cc1coc2ccccc12. The molecule has 0 fully saturated rings. The second-order valence-corrected chi connectivity index (χ2v) is 3.20. The first-order valence-electron chi connectivity index (χ1n) is 4.62. The van der Waals surface area contributed by atoms with Crippen molar-refractivity contribution < 1.29 is 14.3 Å². The quantitative estimate of drug-likeness (QED) is 0.778. The largest absolute Gasteiger partial charge is 0.478 e. The number of furan rings is 1. The lowest BCUT2D eigenvalue weighted by Crippen LogP contribution is -1.87. The van der Waals surface area contributed by atoms with Crippen molar-refractivity contribution in [2.75, 3.05) is 0 Å². The van der Waals surface area contributed by atoms with Gasteiger partial charge in [0.1, 0.15) is 5.58 Å². The Kier molecular flexibility index (Phi) is 2.54. The van der Waals surface area contributed by atoms with Crippen LogP contribution in [0.4, 0.5) is 0 Å². The van der Waals surface area contributed by atoms with E-state index in [-0.39, 0.29) is 0 Å². The van der Waals surface area contributed by atoms with Gasteiger partial charge in [-0.2, -0.15) is 0 Å². The smallest absolute Gasteiger partial charge is 0.327 e. The van der Waals surface area contributed by atoms with E-state index in [2.05, 4.69) is 0 Å². The summed E-state index contributed by atoms with van der Waals surface area (Å²) in [5.41, 5.74) is 1.83. The lowest BCUT2D eigenvalue weighted by Gasteiger charge is -1.90. The van der Waals surface area contributed by atoms with Crippen LogP contribution < -0.4 is 0 Å². The molecular formula is C12H10O3. The highest BCUT2D eigenvalue weighted by Gasteiger charge is 2.02. The Labute approximate surface area is 86.6 Å². The second-order valence-electron chi connectivity index (χ2n) is 3.20. The number of carboxylic acid groups (broad SMARTS) is 1. The maximum absolute atomic E-state index is 10.3. The van der Waals surface area contributed by atoms with Gasteiger partial charge in [-0.05, 0) is 12.5 Å². The molecule has 1 aromatic carbocycles. The Morgan fingerprint density at radius 1 is 1.40 bits per heavy atom. The monoisotopic (exact) mass is 202 g/mol. The number of allylic oxidation sites excluding steroid dienone is 1. The molecule has 1 aromatic heterocycles. The van der Waals surface area contributed by atoms with Gasteiger partial charge < -0.3 is 9.52 Å². The Hall–Kier alpha value is -2.03. The average Bonchev–Trinajstić information content (AvgIpc) is 2.62. The molecule has 0 amide bonds. The molecule has 2 rings (SSSR count). The van der Waals surface area contributed by atoms with Crippen molar-refractivity contribution in [3.8, 4) is 0 Å². The average molecular weight is 202 g/mol. The molecule has 1 N–H and O–H groups in total. The molecular weight excluding hydrogens is 192 g/mol. The molecule has 0 radical (unpaired) electrons. The molecule has 0 bridgehead atoms. The highest BCUT2D eigenvalue weighted by atomic mass is 16.4. The minimum atomic E-state index is -0.928. The molecule has 0 unspecified atom stereocenters. The van der Waals surface area contributed by atoms with Crippen molar-refractivity contribution in [1.29, 1.82) is 0 Å². The van der Waals surface area contributed by atoms with Crippen LogP contribution in [0, 0.1) is 0 Å². The van der Waals surface area contributed by atoms with Gasteiger partial charge in [0.25, 0.3) is 0 Å². The first kappa shape index (κ1) is 9.52. The van der Waals surface area contributed by atoms with Crippen molar-refractivity contribution in [1.82, 2.24) is 0 Å². The van der Waals surface area contributed by atoms with Crippen LogP contribution in [0.25, 0.3) is 11.0 Å². The van der Waals surface area contributed by atoms with E-state index in [0.29, 0.717) is 6.42 Å². The summed E-state index contributed by atoms with van der Waals surface area (Å²) in [6.07, 6.45) is 4.99. The van der Waals surface area contributed by atoms with Gasteiger partial charge in [0.2, 0.25) is 0 Å². The predicted octanol–water partition coefficient (Wildman–Crippen LogP) is 2.62. The van der Waals surface area contributed by atoms with Crippen LogP contribution in [0.2, 0.25) is 0 Å². The Morgan fingerprint density at radius 2 is 2.20 bits per heavy atom. The van der Waals surface area contributed by atoms with Crippen molar-refractivity contribution in [2.24, 2.45) is 0 Å². The Morgan fingerprint density at radius 3 is 3.00 bits per heavy atom. The van der Waals surface area contributed by atoms with E-state index < -0.39 is 5.97 Å². The number of carboxylic acids is 1. The zero-order chi connectivity index (χ0) is 10.7. The minimum Gasteiger partial charge on any atom is -0.478 e. The molecule has 0 saturated carbocycles. The van der Waals surface area contributed by atoms with Crippen LogP contribution in [0.5, 0.6) is 0 Å². The molecule has 0 spiro atoms. The summed E-state index contributed by atoms with van der Waals surface area (Å²) in [5.74, 6) is -0.928. The van der Waals surface area contributed by atoms with E-state index in [0.717, 1.165) is 22.6 Å². The maximum Gasteiger partial charge on any atom is 0.327 e. The van der Waals surface area contributed by atoms with Gasteiger partial charge in [0, 0.05) is 17.0 Å². The minimum absolute atomic E-state index is 0.573. The number of para-hydroxylation sites is 1. The van der Waals surface area contributed by atoms with Crippen LogP contribution in [0.3, 0.4) is 0 Å². The summed E-state index contributed by atoms with van der Waals surface area (Å²) in [5, 5.41) is 9.48. The van der Waals surface area contributed by atoms with E-state index in [1.807, 2.05) is 24.3 Å². The topological polar surface area (TPSA) is 50.4 Å². The number of rotatable bonds is 3. The van der Waals surface area contributed by atoms with Crippen LogP contribution in [0.1, 0.15) is 5.56 Å². The van der Waals surface area contributed by atoms with E-state index in [1.165, 1.54) is 0 Å². The van der Waals surface area contributed by atoms with Crippen LogP contribution in [-0.2, 0) is 11.2 Å². The third kappa shape index (κ3) is 2.07. The van der Waals surface area contributed by atoms with Crippen molar-refractivity contribution in [2.45, 2.75) is 6.42 Å². The number of fused-ring (bicyclic) bond motifs is 1. The summed E-state index contributed by atoms with van der Waals surface area (Å²) < 4.78 is 5.33. The van der Waals surface area contributed by atoms with Gasteiger partial charge in [0.05, 0.1) is 6.26 Å². The number of hydrogen-bond donors (Lipinski definition) is 1. The van der Waals surface area contributed by atoms with E-state index >= 15 is 0 Å². The molecule has 3 heteroatoms. The lowest BCUT2D eigenvalue weighted by molar-refractivity contribution is -0.131. The van der Waals surface area contributed by atoms with Crippen LogP contribution in [0.15, 0.2) is 47.1 Å². The molecule has 3 nitrogen and oxygen atoms in total. The number of hydrogen-bond acceptors (Lipinski definition) is 2. The summed E-state index contributed by atoms with van der Waals surface area (Å²) in [4.78, 5) is 10.3. The maximum atomic E-state index is 10.3. The Bertz CT molecular complexity index is 508. The number of aliphatic carboxylic acids is 1. The lowest BCUT2D eigenvalue weighted by atomic mass is 10.1. The number of benzene rings is 1. The van der Waals surface area contributed by atoms with E-state index in [1.54, 1.807) is 12.3 Å². The molecule has 2 aromatic rings. The molecule has 0 aliphatic heterocycles. The molecule has 0 saturated heterocycles. The first-order valence-corrected chi connectivity index (χ1v) is 4.62. The molecule has 0 aliphatic rings. The molecule has 1 heterocycles. The third-order valence-electron chi connectivity index (χ3n) is 2.16. The Balaban J connectivity index is 2.25. The first-order chi connectivity index (χ1) is 7.27. The predicted molar refractivity (Wildman–Crippen MR) is 56.7 cm³/mol. The zero-order valence-electron chi connectivity index (χ0n) is 8.01. The normalized spacial score (nSPS) is 11.2. The number of carbonyl (C=O) groups is 1. The fourth-order valence-corrected chi connectivity index (χ4v) is 1.48. The van der Waals surface area contributed by atoms with Gasteiger partial charge in [-0.15, -0.1) is 0 Å². The summed E-state index contributed by atoms with van der Waals surface area (Å²) in [7, 11) is 0. The van der Waals surface area contributed by atoms with Gasteiger partial charge in [0.15, 0.2) is 0 Å². The highest BCUT2D eigenvalue weighted by Crippen LogP contribution is 2.21. The summed E-state index contributed by atoms with van der Waals surface area (Å²) in [6.45, 7) is 0. The molecule has 76 valence electrons. The van der Waals surface area contributed by atoms with E-state index in [4.69, 9.17) is 9.52 Å². The fourth-order valence-electron chi connectivity index (χ4n) is 1.48. The fraction of sp³-hybridized carbons (Fsp3) is 0.0833. The summed E-state index contributed by atoms with van der Waals surface area (Å²) in [6, 6.07) is 7.69. The van der Waals surface area contributed by atoms with Gasteiger partial charge in [-0.1, -0.05) is 24.3 Å². The zero-order valence-corrected chi connectivity index (χ0v) is 8.01. The highest BCUT2D eigenvalue weighted by molar-refractivity contribution is 5.82. The molecule has 0 atom stereocenters. The molecule has 0 aliphatic carbocycles. The van der Waals surface area contributed by atoms with Crippen LogP contribution >= 0.6 is 0 Å². The molecule has 15 heavy (non-hydrogen) atoms.